The molecule has 0 saturated carbocycles. The van der Waals surface area contributed by atoms with Crippen LogP contribution in [0.1, 0.15) is 11.4 Å². The molecule has 0 saturated heterocycles. The van der Waals surface area contributed by atoms with Gasteiger partial charge in [-0.2, -0.15) is 18.2 Å². The molecule has 0 spiro atoms. The standard InChI is InChI=1S/C21H19F3N4O3/c1-13(11-29)10-25-16-7-8-18(17(9-16)20-27-19(12-30-2)28-31-20)26-15-5-3-14(4-6-15)21(22,23)24/h3-9,11,25-26H,1,10,12H2,2H3. The molecule has 0 unspecified atom stereocenters. The molecule has 31 heavy (non-hydrogen) atoms. The smallest absolute Gasteiger partial charge is 0.381 e. The predicted octanol–water partition coefficient (Wildman–Crippen LogP) is 4.81. The lowest BCUT2D eigenvalue weighted by Gasteiger charge is -2.14. The molecule has 2 aromatic carbocycles. The van der Waals surface area contributed by atoms with Gasteiger partial charge in [0.05, 0.1) is 16.8 Å². The predicted molar refractivity (Wildman–Crippen MR) is 109 cm³/mol. The molecule has 0 radical (unpaired) electrons. The molecule has 7 nitrogen and oxygen atoms in total. The van der Waals surface area contributed by atoms with Gasteiger partial charge in [-0.3, -0.25) is 4.79 Å². The van der Waals surface area contributed by atoms with E-state index in [9.17, 15) is 18.0 Å². The zero-order chi connectivity index (χ0) is 22.4. The molecular formula is C21H19F3N4O3. The van der Waals surface area contributed by atoms with E-state index in [1.54, 1.807) is 18.2 Å². The fourth-order valence-corrected chi connectivity index (χ4v) is 2.65. The van der Waals surface area contributed by atoms with Gasteiger partial charge < -0.3 is 19.9 Å². The lowest BCUT2D eigenvalue weighted by Crippen LogP contribution is -2.05. The molecule has 3 rings (SSSR count). The largest absolute Gasteiger partial charge is 0.416 e. The SMILES string of the molecule is C=C(C=O)CNc1ccc(Nc2ccc(C(F)(F)F)cc2)c(-c2nc(COC)no2)c1. The molecule has 2 N–H and O–H groups in total. The van der Waals surface area contributed by atoms with Crippen molar-refractivity contribution in [3.05, 3.63) is 66.0 Å². The van der Waals surface area contributed by atoms with E-state index in [4.69, 9.17) is 9.26 Å². The summed E-state index contributed by atoms with van der Waals surface area (Å²) in [7, 11) is 1.50. The molecule has 0 fully saturated rings. The number of aldehydes is 1. The summed E-state index contributed by atoms with van der Waals surface area (Å²) in [5, 5.41) is 9.96. The fourth-order valence-electron chi connectivity index (χ4n) is 2.65. The average molecular weight is 432 g/mol. The van der Waals surface area contributed by atoms with Crippen molar-refractivity contribution < 1.29 is 27.2 Å². The number of aromatic nitrogens is 2. The summed E-state index contributed by atoms with van der Waals surface area (Å²) < 4.78 is 48.7. The van der Waals surface area contributed by atoms with Crippen LogP contribution in [0.4, 0.5) is 30.2 Å². The number of carbonyl (C=O) groups is 1. The van der Waals surface area contributed by atoms with Crippen molar-refractivity contribution in [2.24, 2.45) is 0 Å². The maximum absolute atomic E-state index is 12.8. The van der Waals surface area contributed by atoms with Gasteiger partial charge in [-0.1, -0.05) is 11.7 Å². The van der Waals surface area contributed by atoms with Crippen molar-refractivity contribution >= 4 is 23.3 Å². The molecule has 0 aliphatic carbocycles. The van der Waals surface area contributed by atoms with Gasteiger partial charge in [-0.15, -0.1) is 0 Å². The van der Waals surface area contributed by atoms with Crippen molar-refractivity contribution in [1.82, 2.24) is 10.1 Å². The molecule has 3 aromatic rings. The molecule has 0 atom stereocenters. The van der Waals surface area contributed by atoms with Gasteiger partial charge in [0.2, 0.25) is 0 Å². The van der Waals surface area contributed by atoms with Crippen molar-refractivity contribution in [2.75, 3.05) is 24.3 Å². The molecule has 0 aliphatic heterocycles. The van der Waals surface area contributed by atoms with Crippen LogP contribution in [0.5, 0.6) is 0 Å². The maximum Gasteiger partial charge on any atom is 0.416 e. The summed E-state index contributed by atoms with van der Waals surface area (Å²) >= 11 is 0. The molecule has 10 heteroatoms. The lowest BCUT2D eigenvalue weighted by atomic mass is 10.1. The van der Waals surface area contributed by atoms with Crippen molar-refractivity contribution in [3.63, 3.8) is 0 Å². The first kappa shape index (κ1) is 22.0. The third kappa shape index (κ3) is 5.70. The van der Waals surface area contributed by atoms with E-state index in [0.29, 0.717) is 40.3 Å². The zero-order valence-corrected chi connectivity index (χ0v) is 16.5. The van der Waals surface area contributed by atoms with Gasteiger partial charge in [-0.25, -0.2) is 0 Å². The van der Waals surface area contributed by atoms with Crippen molar-refractivity contribution in [3.8, 4) is 11.5 Å². The number of halogens is 3. The second-order valence-corrected chi connectivity index (χ2v) is 6.54. The number of nitrogens with zero attached hydrogens (tertiary/aromatic N) is 2. The minimum atomic E-state index is -4.41. The van der Waals surface area contributed by atoms with Crippen LogP contribution in [0.2, 0.25) is 0 Å². The summed E-state index contributed by atoms with van der Waals surface area (Å²) in [6, 6.07) is 9.81. The molecule has 1 aromatic heterocycles. The van der Waals surface area contributed by atoms with Crippen LogP contribution in [-0.2, 0) is 22.3 Å². The Hall–Kier alpha value is -3.66. The first-order valence-corrected chi connectivity index (χ1v) is 9.07. The Kier molecular flexibility index (Phi) is 6.71. The Bertz CT molecular complexity index is 1060. The number of anilines is 3. The highest BCUT2D eigenvalue weighted by atomic mass is 19.4. The number of nitrogens with one attached hydrogen (secondary N) is 2. The van der Waals surface area contributed by atoms with Crippen LogP contribution in [0, 0.1) is 0 Å². The highest BCUT2D eigenvalue weighted by molar-refractivity contribution is 5.80. The molecule has 1 heterocycles. The number of rotatable bonds is 9. The van der Waals surface area contributed by atoms with Gasteiger partial charge in [0.1, 0.15) is 12.9 Å². The first-order valence-electron chi connectivity index (χ1n) is 9.07. The minimum Gasteiger partial charge on any atom is -0.381 e. The number of hydrogen-bond donors (Lipinski definition) is 2. The van der Waals surface area contributed by atoms with Crippen molar-refractivity contribution in [2.45, 2.75) is 12.8 Å². The number of benzene rings is 2. The first-order chi connectivity index (χ1) is 14.8. The lowest BCUT2D eigenvalue weighted by molar-refractivity contribution is -0.137. The van der Waals surface area contributed by atoms with Gasteiger partial charge in [0.15, 0.2) is 5.82 Å². The number of methoxy groups -OCH3 is 1. The fraction of sp³-hybridized carbons (Fsp3) is 0.190. The van der Waals surface area contributed by atoms with Gasteiger partial charge >= 0.3 is 6.18 Å². The second kappa shape index (κ2) is 9.43. The summed E-state index contributed by atoms with van der Waals surface area (Å²) in [5.41, 5.74) is 1.77. The Labute approximate surface area is 175 Å². The van der Waals surface area contributed by atoms with Gasteiger partial charge in [-0.05, 0) is 42.5 Å². The van der Waals surface area contributed by atoms with E-state index in [1.807, 2.05) is 0 Å². The normalized spacial score (nSPS) is 11.2. The molecule has 0 bridgehead atoms. The number of carbonyl (C=O) groups excluding carboxylic acids is 1. The Balaban J connectivity index is 1.92. The summed E-state index contributed by atoms with van der Waals surface area (Å²) in [6.45, 7) is 4.01. The van der Waals surface area contributed by atoms with E-state index in [0.717, 1.165) is 12.1 Å². The molecule has 0 amide bonds. The van der Waals surface area contributed by atoms with E-state index >= 15 is 0 Å². The van der Waals surface area contributed by atoms with E-state index < -0.39 is 11.7 Å². The number of hydrogen-bond acceptors (Lipinski definition) is 7. The van der Waals surface area contributed by atoms with Crippen LogP contribution in [0.3, 0.4) is 0 Å². The molecule has 0 aliphatic rings. The van der Waals surface area contributed by atoms with Crippen LogP contribution < -0.4 is 10.6 Å². The summed E-state index contributed by atoms with van der Waals surface area (Å²) in [5.74, 6) is 0.532. The van der Waals surface area contributed by atoms with Crippen LogP contribution in [0.15, 0.2) is 59.1 Å². The summed E-state index contributed by atoms with van der Waals surface area (Å²) in [6.07, 6.45) is -3.76. The second-order valence-electron chi connectivity index (χ2n) is 6.54. The Morgan fingerprint density at radius 2 is 1.90 bits per heavy atom. The van der Waals surface area contributed by atoms with Gasteiger partial charge in [0.25, 0.3) is 5.89 Å². The van der Waals surface area contributed by atoms with Crippen LogP contribution >= 0.6 is 0 Å². The van der Waals surface area contributed by atoms with Crippen LogP contribution in [-0.4, -0.2) is 30.1 Å². The summed E-state index contributed by atoms with van der Waals surface area (Å²) in [4.78, 5) is 15.0. The molecular weight excluding hydrogens is 413 g/mol. The van der Waals surface area contributed by atoms with Crippen LogP contribution in [0.25, 0.3) is 11.5 Å². The Morgan fingerprint density at radius 1 is 1.19 bits per heavy atom. The maximum atomic E-state index is 12.8. The topological polar surface area (TPSA) is 89.3 Å². The highest BCUT2D eigenvalue weighted by Gasteiger charge is 2.30. The monoisotopic (exact) mass is 432 g/mol. The van der Waals surface area contributed by atoms with E-state index in [2.05, 4.69) is 27.4 Å². The molecule has 162 valence electrons. The van der Waals surface area contributed by atoms with Gasteiger partial charge in [0, 0.05) is 30.6 Å². The quantitative estimate of drug-likeness (QED) is 0.370. The van der Waals surface area contributed by atoms with E-state index in [-0.39, 0.29) is 19.0 Å². The minimum absolute atomic E-state index is 0.155. The third-order valence-corrected chi connectivity index (χ3v) is 4.17. The highest BCUT2D eigenvalue weighted by Crippen LogP contribution is 2.34. The van der Waals surface area contributed by atoms with E-state index in [1.165, 1.54) is 19.2 Å². The number of ether oxygens (including phenoxy) is 1. The number of alkyl halides is 3. The average Bonchev–Trinajstić information content (AvgIpc) is 3.21. The zero-order valence-electron chi connectivity index (χ0n) is 16.5. The van der Waals surface area contributed by atoms with Crippen molar-refractivity contribution in [1.29, 1.82) is 0 Å². The third-order valence-electron chi connectivity index (χ3n) is 4.17. The Morgan fingerprint density at radius 3 is 2.55 bits per heavy atom.